The van der Waals surface area contributed by atoms with Crippen LogP contribution in [0.2, 0.25) is 0 Å². The number of carbonyl (C=O) groups is 1. The van der Waals surface area contributed by atoms with Crippen molar-refractivity contribution in [3.8, 4) is 0 Å². The van der Waals surface area contributed by atoms with Crippen molar-refractivity contribution < 1.29 is 9.90 Å². The van der Waals surface area contributed by atoms with E-state index in [1.807, 2.05) is 43.3 Å². The summed E-state index contributed by atoms with van der Waals surface area (Å²) < 4.78 is 0. The summed E-state index contributed by atoms with van der Waals surface area (Å²) in [5.41, 5.74) is 3.51. The first-order valence-corrected chi connectivity index (χ1v) is 7.07. The Morgan fingerprint density at radius 2 is 1.70 bits per heavy atom. The van der Waals surface area contributed by atoms with Crippen LogP contribution in [0.25, 0.3) is 0 Å². The lowest BCUT2D eigenvalue weighted by molar-refractivity contribution is 0.0746. The standard InChI is InChI=1S/C18H20O2/c1-3-13-11-8-12-16(15(13)4-2)18(20)17(19)14-9-6-5-7-10-14/h5-12,17,19H,3-4H2,1-2H3. The van der Waals surface area contributed by atoms with E-state index in [0.29, 0.717) is 11.1 Å². The van der Waals surface area contributed by atoms with Crippen molar-refractivity contribution in [1.82, 2.24) is 0 Å². The quantitative estimate of drug-likeness (QED) is 0.839. The van der Waals surface area contributed by atoms with E-state index in [1.54, 1.807) is 12.1 Å². The molecule has 1 atom stereocenters. The Bertz CT molecular complexity index is 588. The molecule has 0 amide bonds. The summed E-state index contributed by atoms with van der Waals surface area (Å²) in [4.78, 5) is 12.5. The summed E-state index contributed by atoms with van der Waals surface area (Å²) in [5.74, 6) is -0.219. The molecule has 0 aliphatic rings. The zero-order chi connectivity index (χ0) is 14.5. The van der Waals surface area contributed by atoms with Gasteiger partial charge < -0.3 is 5.11 Å². The average molecular weight is 268 g/mol. The predicted octanol–water partition coefficient (Wildman–Crippen LogP) is 3.73. The summed E-state index contributed by atoms with van der Waals surface area (Å²) in [7, 11) is 0. The summed E-state index contributed by atoms with van der Waals surface area (Å²) >= 11 is 0. The van der Waals surface area contributed by atoms with Gasteiger partial charge in [-0.15, -0.1) is 0 Å². The fourth-order valence-corrected chi connectivity index (χ4v) is 2.55. The molecule has 0 aliphatic carbocycles. The molecule has 0 radical (unpaired) electrons. The fourth-order valence-electron chi connectivity index (χ4n) is 2.55. The first kappa shape index (κ1) is 14.5. The highest BCUT2D eigenvalue weighted by Gasteiger charge is 2.21. The third-order valence-corrected chi connectivity index (χ3v) is 3.64. The van der Waals surface area contributed by atoms with E-state index in [2.05, 4.69) is 6.92 Å². The van der Waals surface area contributed by atoms with Gasteiger partial charge in [0.2, 0.25) is 0 Å². The van der Waals surface area contributed by atoms with Crippen LogP contribution in [0.4, 0.5) is 0 Å². The van der Waals surface area contributed by atoms with Crippen LogP contribution >= 0.6 is 0 Å². The molecule has 2 aromatic carbocycles. The molecule has 0 heterocycles. The molecule has 0 bridgehead atoms. The minimum absolute atomic E-state index is 0.219. The summed E-state index contributed by atoms with van der Waals surface area (Å²) in [5, 5.41) is 10.3. The van der Waals surface area contributed by atoms with E-state index in [9.17, 15) is 9.90 Å². The minimum Gasteiger partial charge on any atom is -0.380 e. The van der Waals surface area contributed by atoms with Crippen molar-refractivity contribution in [2.75, 3.05) is 0 Å². The molecule has 0 saturated carbocycles. The number of benzene rings is 2. The molecule has 0 aromatic heterocycles. The zero-order valence-electron chi connectivity index (χ0n) is 12.0. The maximum absolute atomic E-state index is 12.5. The molecule has 0 aliphatic heterocycles. The molecule has 20 heavy (non-hydrogen) atoms. The van der Waals surface area contributed by atoms with Crippen LogP contribution in [0, 0.1) is 0 Å². The third-order valence-electron chi connectivity index (χ3n) is 3.64. The second-order valence-electron chi connectivity index (χ2n) is 4.83. The number of Topliss-reactive ketones (excluding diaryl/α,β-unsaturated/α-hetero) is 1. The molecule has 1 N–H and O–H groups in total. The van der Waals surface area contributed by atoms with Gasteiger partial charge in [-0.25, -0.2) is 0 Å². The molecular weight excluding hydrogens is 248 g/mol. The number of hydrogen-bond donors (Lipinski definition) is 1. The number of aliphatic hydroxyl groups excluding tert-OH is 1. The van der Waals surface area contributed by atoms with Crippen molar-refractivity contribution in [3.05, 3.63) is 70.8 Å². The third kappa shape index (κ3) is 2.81. The maximum atomic E-state index is 12.5. The molecule has 0 spiro atoms. The summed E-state index contributed by atoms with van der Waals surface area (Å²) in [6, 6.07) is 14.8. The lowest BCUT2D eigenvalue weighted by atomic mass is 9.91. The van der Waals surface area contributed by atoms with Crippen molar-refractivity contribution in [1.29, 1.82) is 0 Å². The van der Waals surface area contributed by atoms with Crippen LogP contribution in [0.5, 0.6) is 0 Å². The Hall–Kier alpha value is -1.93. The average Bonchev–Trinajstić information content (AvgIpc) is 2.53. The van der Waals surface area contributed by atoms with E-state index >= 15 is 0 Å². The Kier molecular flexibility index (Phi) is 4.70. The molecule has 2 nitrogen and oxygen atoms in total. The van der Waals surface area contributed by atoms with Gasteiger partial charge in [0.25, 0.3) is 0 Å². The van der Waals surface area contributed by atoms with Gasteiger partial charge in [-0.2, -0.15) is 0 Å². The number of hydrogen-bond acceptors (Lipinski definition) is 2. The predicted molar refractivity (Wildman–Crippen MR) is 80.9 cm³/mol. The zero-order valence-corrected chi connectivity index (χ0v) is 12.0. The fraction of sp³-hybridized carbons (Fsp3) is 0.278. The number of rotatable bonds is 5. The van der Waals surface area contributed by atoms with E-state index in [-0.39, 0.29) is 5.78 Å². The molecule has 0 saturated heterocycles. The molecule has 1 unspecified atom stereocenters. The van der Waals surface area contributed by atoms with Crippen LogP contribution in [-0.4, -0.2) is 10.9 Å². The Morgan fingerprint density at radius 1 is 1.00 bits per heavy atom. The van der Waals surface area contributed by atoms with Gasteiger partial charge in [0.05, 0.1) is 0 Å². The first-order chi connectivity index (χ1) is 9.69. The lowest BCUT2D eigenvalue weighted by Gasteiger charge is -2.15. The Labute approximate surface area is 120 Å². The molecular formula is C18H20O2. The van der Waals surface area contributed by atoms with Gasteiger partial charge in [-0.1, -0.05) is 62.4 Å². The molecule has 2 aromatic rings. The van der Waals surface area contributed by atoms with Gasteiger partial charge in [0.1, 0.15) is 6.10 Å². The van der Waals surface area contributed by atoms with E-state index < -0.39 is 6.10 Å². The maximum Gasteiger partial charge on any atom is 0.196 e. The topological polar surface area (TPSA) is 37.3 Å². The van der Waals surface area contributed by atoms with Crippen LogP contribution in [0.1, 0.15) is 47.0 Å². The molecule has 2 heteroatoms. The SMILES string of the molecule is CCc1cccc(C(=O)C(O)c2ccccc2)c1CC. The molecule has 2 rings (SSSR count). The van der Waals surface area contributed by atoms with Crippen LogP contribution < -0.4 is 0 Å². The first-order valence-electron chi connectivity index (χ1n) is 7.07. The Balaban J connectivity index is 2.39. The van der Waals surface area contributed by atoms with Crippen molar-refractivity contribution in [2.45, 2.75) is 32.8 Å². The highest BCUT2D eigenvalue weighted by Crippen LogP contribution is 2.23. The van der Waals surface area contributed by atoms with Crippen LogP contribution in [-0.2, 0) is 12.8 Å². The van der Waals surface area contributed by atoms with E-state index in [0.717, 1.165) is 18.4 Å². The van der Waals surface area contributed by atoms with Gasteiger partial charge >= 0.3 is 0 Å². The smallest absolute Gasteiger partial charge is 0.196 e. The number of carbonyl (C=O) groups excluding carboxylic acids is 1. The Morgan fingerprint density at radius 3 is 2.30 bits per heavy atom. The van der Waals surface area contributed by atoms with Crippen LogP contribution in [0.15, 0.2) is 48.5 Å². The second kappa shape index (κ2) is 6.49. The van der Waals surface area contributed by atoms with Crippen molar-refractivity contribution in [3.63, 3.8) is 0 Å². The van der Waals surface area contributed by atoms with Gasteiger partial charge in [-0.05, 0) is 29.5 Å². The van der Waals surface area contributed by atoms with Gasteiger partial charge in [0, 0.05) is 5.56 Å². The molecule has 104 valence electrons. The highest BCUT2D eigenvalue weighted by molar-refractivity contribution is 6.01. The van der Waals surface area contributed by atoms with Gasteiger partial charge in [-0.3, -0.25) is 4.79 Å². The largest absolute Gasteiger partial charge is 0.380 e. The normalized spacial score (nSPS) is 12.2. The number of ketones is 1. The minimum atomic E-state index is -1.09. The summed E-state index contributed by atoms with van der Waals surface area (Å²) in [6.45, 7) is 4.12. The summed E-state index contributed by atoms with van der Waals surface area (Å²) in [6.07, 6.45) is 0.604. The van der Waals surface area contributed by atoms with Crippen LogP contribution in [0.3, 0.4) is 0 Å². The van der Waals surface area contributed by atoms with Crippen molar-refractivity contribution >= 4 is 5.78 Å². The van der Waals surface area contributed by atoms with Gasteiger partial charge in [0.15, 0.2) is 5.78 Å². The van der Waals surface area contributed by atoms with Crippen molar-refractivity contribution in [2.24, 2.45) is 0 Å². The highest BCUT2D eigenvalue weighted by atomic mass is 16.3. The monoisotopic (exact) mass is 268 g/mol. The van der Waals surface area contributed by atoms with E-state index in [1.165, 1.54) is 5.56 Å². The number of aryl methyl sites for hydroxylation is 1. The lowest BCUT2D eigenvalue weighted by Crippen LogP contribution is -2.15. The number of aliphatic hydroxyl groups is 1. The second-order valence-corrected chi connectivity index (χ2v) is 4.83. The molecule has 0 fully saturated rings. The van der Waals surface area contributed by atoms with E-state index in [4.69, 9.17) is 0 Å².